The maximum absolute atomic E-state index is 15.4. The van der Waals surface area contributed by atoms with E-state index in [0.717, 1.165) is 51.3 Å². The molecule has 3 N–H and O–H groups in total. The lowest BCUT2D eigenvalue weighted by molar-refractivity contribution is -0.137. The standard InChI is InChI=1S/C20H24F4N6/c21-18-15(30-9-7-26-8-10-30)11-17(29-19(18)13-3-5-25-6-4-13)28-16-2-1-14(12-27-16)20(22,23)24/h1-2,11-13,25-26H,3-10H2,(H,27,28,29). The summed E-state index contributed by atoms with van der Waals surface area (Å²) in [5, 5.41) is 9.47. The Morgan fingerprint density at radius 2 is 1.70 bits per heavy atom. The van der Waals surface area contributed by atoms with E-state index >= 15 is 4.39 Å². The van der Waals surface area contributed by atoms with Crippen LogP contribution < -0.4 is 20.9 Å². The van der Waals surface area contributed by atoms with Crippen LogP contribution in [0.2, 0.25) is 0 Å². The molecule has 0 atom stereocenters. The van der Waals surface area contributed by atoms with Gasteiger partial charge >= 0.3 is 6.18 Å². The number of nitrogens with zero attached hydrogens (tertiary/aromatic N) is 3. The molecule has 0 unspecified atom stereocenters. The molecule has 0 saturated carbocycles. The summed E-state index contributed by atoms with van der Waals surface area (Å²) in [6.07, 6.45) is -2.10. The Morgan fingerprint density at radius 3 is 2.33 bits per heavy atom. The third-order valence-corrected chi connectivity index (χ3v) is 5.49. The number of piperazine rings is 1. The molecule has 2 aromatic rings. The molecule has 2 saturated heterocycles. The van der Waals surface area contributed by atoms with E-state index in [1.165, 1.54) is 6.07 Å². The second-order valence-electron chi connectivity index (χ2n) is 7.54. The number of anilines is 3. The Bertz CT molecular complexity index is 820. The highest BCUT2D eigenvalue weighted by atomic mass is 19.4. The molecule has 0 bridgehead atoms. The lowest BCUT2D eigenvalue weighted by Gasteiger charge is -2.31. The zero-order valence-electron chi connectivity index (χ0n) is 16.4. The minimum Gasteiger partial charge on any atom is -0.366 e. The lowest BCUT2D eigenvalue weighted by Crippen LogP contribution is -2.44. The van der Waals surface area contributed by atoms with Crippen LogP contribution in [0.4, 0.5) is 34.9 Å². The molecule has 0 radical (unpaired) electrons. The van der Waals surface area contributed by atoms with E-state index in [1.807, 2.05) is 4.90 Å². The smallest absolute Gasteiger partial charge is 0.366 e. The van der Waals surface area contributed by atoms with E-state index in [9.17, 15) is 13.2 Å². The van der Waals surface area contributed by atoms with Crippen LogP contribution in [0.3, 0.4) is 0 Å². The van der Waals surface area contributed by atoms with Crippen molar-refractivity contribution in [2.75, 3.05) is 49.5 Å². The molecule has 2 aliphatic heterocycles. The molecule has 2 aliphatic rings. The minimum absolute atomic E-state index is 0.00442. The summed E-state index contributed by atoms with van der Waals surface area (Å²) in [6.45, 7) is 4.45. The number of alkyl halides is 3. The molecule has 0 amide bonds. The second-order valence-corrected chi connectivity index (χ2v) is 7.54. The van der Waals surface area contributed by atoms with Crippen molar-refractivity contribution in [2.45, 2.75) is 24.9 Å². The van der Waals surface area contributed by atoms with Gasteiger partial charge in [0.1, 0.15) is 11.6 Å². The van der Waals surface area contributed by atoms with Gasteiger partial charge < -0.3 is 20.9 Å². The molecular weight excluding hydrogens is 400 g/mol. The van der Waals surface area contributed by atoms with Gasteiger partial charge in [-0.25, -0.2) is 14.4 Å². The topological polar surface area (TPSA) is 65.1 Å². The second kappa shape index (κ2) is 8.73. The third-order valence-electron chi connectivity index (χ3n) is 5.49. The van der Waals surface area contributed by atoms with Crippen LogP contribution in [0.15, 0.2) is 24.4 Å². The number of nitrogens with one attached hydrogen (secondary N) is 3. The maximum Gasteiger partial charge on any atom is 0.417 e. The molecule has 6 nitrogen and oxygen atoms in total. The summed E-state index contributed by atoms with van der Waals surface area (Å²) in [4.78, 5) is 10.3. The number of halogens is 4. The van der Waals surface area contributed by atoms with E-state index in [0.29, 0.717) is 30.3 Å². The number of hydrogen-bond acceptors (Lipinski definition) is 6. The summed E-state index contributed by atoms with van der Waals surface area (Å²) in [5.41, 5.74) is 0.0494. The molecule has 4 heterocycles. The molecule has 0 spiro atoms. The molecule has 2 aromatic heterocycles. The lowest BCUT2D eigenvalue weighted by atomic mass is 9.93. The fourth-order valence-corrected chi connectivity index (χ4v) is 3.87. The highest BCUT2D eigenvalue weighted by Gasteiger charge is 2.31. The maximum atomic E-state index is 15.4. The van der Waals surface area contributed by atoms with Crippen molar-refractivity contribution in [3.8, 4) is 0 Å². The summed E-state index contributed by atoms with van der Waals surface area (Å²) >= 11 is 0. The van der Waals surface area contributed by atoms with Crippen LogP contribution in [0.25, 0.3) is 0 Å². The highest BCUT2D eigenvalue weighted by molar-refractivity contribution is 5.62. The fourth-order valence-electron chi connectivity index (χ4n) is 3.87. The highest BCUT2D eigenvalue weighted by Crippen LogP contribution is 2.34. The predicted octanol–water partition coefficient (Wildman–Crippen LogP) is 3.25. The zero-order chi connectivity index (χ0) is 21.1. The van der Waals surface area contributed by atoms with Crippen LogP contribution in [0.5, 0.6) is 0 Å². The Kier molecular flexibility index (Phi) is 6.05. The normalized spacial score (nSPS) is 18.5. The SMILES string of the molecule is Fc1c(N2CCNCC2)cc(Nc2ccc(C(F)(F)F)cn2)nc1C1CCNCC1. The first kappa shape index (κ1) is 20.8. The number of piperidine rings is 1. The largest absolute Gasteiger partial charge is 0.417 e. The molecule has 0 aliphatic carbocycles. The Hall–Kier alpha value is -2.46. The van der Waals surface area contributed by atoms with Crippen molar-refractivity contribution in [2.24, 2.45) is 0 Å². The van der Waals surface area contributed by atoms with Gasteiger partial charge in [-0.3, -0.25) is 0 Å². The van der Waals surface area contributed by atoms with Crippen LogP contribution in [-0.4, -0.2) is 49.2 Å². The number of rotatable bonds is 4. The van der Waals surface area contributed by atoms with Crippen molar-refractivity contribution in [3.63, 3.8) is 0 Å². The van der Waals surface area contributed by atoms with Crippen LogP contribution >= 0.6 is 0 Å². The molecular formula is C20H24F4N6. The van der Waals surface area contributed by atoms with Gasteiger partial charge in [0.25, 0.3) is 0 Å². The van der Waals surface area contributed by atoms with E-state index in [-0.39, 0.29) is 17.6 Å². The molecule has 2 fully saturated rings. The average molecular weight is 424 g/mol. The van der Waals surface area contributed by atoms with Crippen LogP contribution in [0.1, 0.15) is 30.0 Å². The fraction of sp³-hybridized carbons (Fsp3) is 0.500. The Balaban J connectivity index is 1.65. The zero-order valence-corrected chi connectivity index (χ0v) is 16.4. The summed E-state index contributed by atoms with van der Waals surface area (Å²) in [6, 6.07) is 3.83. The van der Waals surface area contributed by atoms with Crippen molar-refractivity contribution in [1.29, 1.82) is 0 Å². The number of aromatic nitrogens is 2. The van der Waals surface area contributed by atoms with Crippen molar-refractivity contribution in [3.05, 3.63) is 41.5 Å². The van der Waals surface area contributed by atoms with Crippen LogP contribution in [-0.2, 0) is 6.18 Å². The Labute approximate surface area is 172 Å². The molecule has 162 valence electrons. The summed E-state index contributed by atoms with van der Waals surface area (Å²) in [7, 11) is 0. The average Bonchev–Trinajstić information content (AvgIpc) is 2.76. The number of pyridine rings is 2. The predicted molar refractivity (Wildman–Crippen MR) is 107 cm³/mol. The molecule has 10 heteroatoms. The van der Waals surface area contributed by atoms with Gasteiger partial charge in [0.15, 0.2) is 5.82 Å². The van der Waals surface area contributed by atoms with Crippen molar-refractivity contribution in [1.82, 2.24) is 20.6 Å². The molecule has 0 aromatic carbocycles. The van der Waals surface area contributed by atoms with E-state index in [2.05, 4.69) is 25.9 Å². The molecule has 30 heavy (non-hydrogen) atoms. The van der Waals surface area contributed by atoms with Gasteiger partial charge in [-0.1, -0.05) is 0 Å². The number of hydrogen-bond donors (Lipinski definition) is 3. The van der Waals surface area contributed by atoms with E-state index < -0.39 is 11.7 Å². The van der Waals surface area contributed by atoms with Crippen molar-refractivity contribution >= 4 is 17.3 Å². The first-order valence-corrected chi connectivity index (χ1v) is 10.1. The van der Waals surface area contributed by atoms with Gasteiger partial charge in [0.2, 0.25) is 0 Å². The Morgan fingerprint density at radius 1 is 1.00 bits per heavy atom. The summed E-state index contributed by atoms with van der Waals surface area (Å²) in [5.74, 6) is 0.292. The van der Waals surface area contributed by atoms with Crippen molar-refractivity contribution < 1.29 is 17.6 Å². The van der Waals surface area contributed by atoms with Gasteiger partial charge in [-0.05, 0) is 38.1 Å². The first-order valence-electron chi connectivity index (χ1n) is 10.1. The summed E-state index contributed by atoms with van der Waals surface area (Å²) < 4.78 is 53.8. The van der Waals surface area contributed by atoms with E-state index in [4.69, 9.17) is 0 Å². The van der Waals surface area contributed by atoms with Gasteiger partial charge in [0.05, 0.1) is 16.9 Å². The van der Waals surface area contributed by atoms with Gasteiger partial charge in [0, 0.05) is 44.4 Å². The van der Waals surface area contributed by atoms with Gasteiger partial charge in [-0.15, -0.1) is 0 Å². The van der Waals surface area contributed by atoms with E-state index in [1.54, 1.807) is 6.07 Å². The quantitative estimate of drug-likeness (QED) is 0.655. The third kappa shape index (κ3) is 4.65. The monoisotopic (exact) mass is 424 g/mol. The van der Waals surface area contributed by atoms with Gasteiger partial charge in [-0.2, -0.15) is 13.2 Å². The first-order chi connectivity index (χ1) is 14.4. The molecule has 4 rings (SSSR count). The van der Waals surface area contributed by atoms with Crippen LogP contribution in [0, 0.1) is 5.82 Å². The minimum atomic E-state index is -4.45.